The fourth-order valence-electron chi connectivity index (χ4n) is 1.78. The number of carbonyl (C=O) groups is 2. The lowest BCUT2D eigenvalue weighted by atomic mass is 9.94. The summed E-state index contributed by atoms with van der Waals surface area (Å²) in [6.45, 7) is 3.48. The van der Waals surface area contributed by atoms with E-state index in [1.807, 2.05) is 6.92 Å². The topological polar surface area (TPSA) is 74.6 Å². The van der Waals surface area contributed by atoms with Gasteiger partial charge in [0.2, 0.25) is 0 Å². The molecule has 0 amide bonds. The molecule has 2 atom stereocenters. The molecule has 0 saturated carbocycles. The predicted molar refractivity (Wildman–Crippen MR) is 67.6 cm³/mol. The molecule has 98 valence electrons. The Morgan fingerprint density at radius 2 is 1.67 bits per heavy atom. The Labute approximate surface area is 106 Å². The van der Waals surface area contributed by atoms with E-state index in [0.717, 1.165) is 11.1 Å². The van der Waals surface area contributed by atoms with Crippen LogP contribution in [0.2, 0.25) is 0 Å². The summed E-state index contributed by atoms with van der Waals surface area (Å²) < 4.78 is 0. The Morgan fingerprint density at radius 3 is 2.06 bits per heavy atom. The Bertz CT molecular complexity index is 422. The average Bonchev–Trinajstić information content (AvgIpc) is 2.35. The standard InChI is InChI=1S/C14H18O4/c1-3-11(14(17)18)8-10-4-6-12(7-5-10)9(2)13(15)16/h4-7,9,11H,3,8H2,1-2H3,(H,15,16)(H,17,18). The molecule has 0 aliphatic rings. The predicted octanol–water partition coefficient (Wildman–Crippen LogP) is 2.53. The van der Waals surface area contributed by atoms with Crippen molar-refractivity contribution in [3.8, 4) is 0 Å². The molecule has 1 aromatic rings. The van der Waals surface area contributed by atoms with Gasteiger partial charge in [-0.15, -0.1) is 0 Å². The first-order valence-corrected chi connectivity index (χ1v) is 6.00. The molecule has 0 aliphatic carbocycles. The van der Waals surface area contributed by atoms with Crippen LogP contribution in [0, 0.1) is 5.92 Å². The van der Waals surface area contributed by atoms with Crippen LogP contribution in [0.1, 0.15) is 37.3 Å². The number of carboxylic acids is 2. The minimum absolute atomic E-state index is 0.382. The quantitative estimate of drug-likeness (QED) is 0.813. The van der Waals surface area contributed by atoms with Crippen molar-refractivity contribution in [2.75, 3.05) is 0 Å². The smallest absolute Gasteiger partial charge is 0.310 e. The zero-order valence-electron chi connectivity index (χ0n) is 10.6. The number of hydrogen-bond donors (Lipinski definition) is 2. The molecular weight excluding hydrogens is 232 g/mol. The van der Waals surface area contributed by atoms with Crippen LogP contribution in [-0.2, 0) is 16.0 Å². The SMILES string of the molecule is CCC(Cc1ccc(C(C)C(=O)O)cc1)C(=O)O. The highest BCUT2D eigenvalue weighted by atomic mass is 16.4. The van der Waals surface area contributed by atoms with Crippen molar-refractivity contribution in [3.05, 3.63) is 35.4 Å². The normalized spacial score (nSPS) is 13.9. The number of rotatable bonds is 6. The van der Waals surface area contributed by atoms with Gasteiger partial charge < -0.3 is 10.2 Å². The summed E-state index contributed by atoms with van der Waals surface area (Å²) in [6.07, 6.45) is 1.07. The molecule has 0 spiro atoms. The van der Waals surface area contributed by atoms with E-state index in [1.54, 1.807) is 31.2 Å². The zero-order chi connectivity index (χ0) is 13.7. The van der Waals surface area contributed by atoms with Gasteiger partial charge in [0.1, 0.15) is 0 Å². The number of benzene rings is 1. The molecule has 4 nitrogen and oxygen atoms in total. The van der Waals surface area contributed by atoms with Crippen LogP contribution in [-0.4, -0.2) is 22.2 Å². The summed E-state index contributed by atoms with van der Waals surface area (Å²) in [7, 11) is 0. The Balaban J connectivity index is 2.77. The first-order valence-electron chi connectivity index (χ1n) is 6.00. The molecule has 0 saturated heterocycles. The summed E-state index contributed by atoms with van der Waals surface area (Å²) >= 11 is 0. The van der Waals surface area contributed by atoms with Gasteiger partial charge in [-0.05, 0) is 30.9 Å². The highest BCUT2D eigenvalue weighted by Crippen LogP contribution is 2.18. The van der Waals surface area contributed by atoms with E-state index in [4.69, 9.17) is 10.2 Å². The van der Waals surface area contributed by atoms with Crippen molar-refractivity contribution in [2.24, 2.45) is 5.92 Å². The van der Waals surface area contributed by atoms with E-state index in [1.165, 1.54) is 0 Å². The van der Waals surface area contributed by atoms with Crippen LogP contribution >= 0.6 is 0 Å². The van der Waals surface area contributed by atoms with E-state index in [0.29, 0.717) is 12.8 Å². The third-order valence-electron chi connectivity index (χ3n) is 3.17. The Hall–Kier alpha value is -1.84. The summed E-state index contributed by atoms with van der Waals surface area (Å²) in [5.41, 5.74) is 1.65. The van der Waals surface area contributed by atoms with Crippen molar-refractivity contribution in [1.29, 1.82) is 0 Å². The van der Waals surface area contributed by atoms with Crippen molar-refractivity contribution < 1.29 is 19.8 Å². The summed E-state index contributed by atoms with van der Waals surface area (Å²) in [4.78, 5) is 21.7. The van der Waals surface area contributed by atoms with E-state index in [2.05, 4.69) is 0 Å². The van der Waals surface area contributed by atoms with Gasteiger partial charge in [-0.2, -0.15) is 0 Å². The van der Waals surface area contributed by atoms with Crippen LogP contribution in [0.15, 0.2) is 24.3 Å². The van der Waals surface area contributed by atoms with Crippen molar-refractivity contribution in [3.63, 3.8) is 0 Å². The lowest BCUT2D eigenvalue weighted by molar-refractivity contribution is -0.142. The first kappa shape index (κ1) is 14.2. The highest BCUT2D eigenvalue weighted by molar-refractivity contribution is 5.75. The molecule has 4 heteroatoms. The molecule has 0 fully saturated rings. The molecule has 0 aromatic heterocycles. The third kappa shape index (κ3) is 3.58. The van der Waals surface area contributed by atoms with Gasteiger partial charge in [0.25, 0.3) is 0 Å². The van der Waals surface area contributed by atoms with Crippen molar-refractivity contribution in [1.82, 2.24) is 0 Å². The second kappa shape index (κ2) is 6.19. The van der Waals surface area contributed by atoms with Gasteiger partial charge in [-0.3, -0.25) is 9.59 Å². The lowest BCUT2D eigenvalue weighted by Crippen LogP contribution is -2.15. The zero-order valence-corrected chi connectivity index (χ0v) is 10.6. The van der Waals surface area contributed by atoms with Crippen LogP contribution < -0.4 is 0 Å². The van der Waals surface area contributed by atoms with Gasteiger partial charge in [0.15, 0.2) is 0 Å². The molecule has 1 rings (SSSR count). The molecule has 0 heterocycles. The average molecular weight is 250 g/mol. The van der Waals surface area contributed by atoms with Gasteiger partial charge in [-0.25, -0.2) is 0 Å². The van der Waals surface area contributed by atoms with Crippen LogP contribution in [0.25, 0.3) is 0 Å². The van der Waals surface area contributed by atoms with Gasteiger partial charge in [0.05, 0.1) is 11.8 Å². The van der Waals surface area contributed by atoms with E-state index < -0.39 is 17.9 Å². The molecule has 1 aromatic carbocycles. The highest BCUT2D eigenvalue weighted by Gasteiger charge is 2.16. The van der Waals surface area contributed by atoms with Gasteiger partial charge >= 0.3 is 11.9 Å². The van der Waals surface area contributed by atoms with Crippen LogP contribution in [0.4, 0.5) is 0 Å². The first-order chi connectivity index (χ1) is 8.45. The second-order valence-electron chi connectivity index (χ2n) is 4.45. The number of aliphatic carboxylic acids is 2. The summed E-state index contributed by atoms with van der Waals surface area (Å²) in [5.74, 6) is -2.58. The fraction of sp³-hybridized carbons (Fsp3) is 0.429. The van der Waals surface area contributed by atoms with Crippen molar-refractivity contribution in [2.45, 2.75) is 32.6 Å². The maximum Gasteiger partial charge on any atom is 0.310 e. The Kier molecular flexibility index (Phi) is 4.89. The molecule has 0 aliphatic heterocycles. The molecule has 0 radical (unpaired) electrons. The molecule has 0 bridgehead atoms. The molecule has 18 heavy (non-hydrogen) atoms. The molecular formula is C14H18O4. The van der Waals surface area contributed by atoms with Crippen molar-refractivity contribution >= 4 is 11.9 Å². The minimum Gasteiger partial charge on any atom is -0.481 e. The van der Waals surface area contributed by atoms with E-state index >= 15 is 0 Å². The van der Waals surface area contributed by atoms with E-state index in [9.17, 15) is 9.59 Å². The second-order valence-corrected chi connectivity index (χ2v) is 4.45. The molecule has 2 unspecified atom stereocenters. The summed E-state index contributed by atoms with van der Waals surface area (Å²) in [6, 6.07) is 7.12. The van der Waals surface area contributed by atoms with Gasteiger partial charge in [-0.1, -0.05) is 31.2 Å². The number of carboxylic acid groups (broad SMARTS) is 2. The lowest BCUT2D eigenvalue weighted by Gasteiger charge is -2.11. The minimum atomic E-state index is -0.861. The number of hydrogen-bond acceptors (Lipinski definition) is 2. The van der Waals surface area contributed by atoms with Gasteiger partial charge in [0, 0.05) is 0 Å². The summed E-state index contributed by atoms with van der Waals surface area (Å²) in [5, 5.41) is 17.9. The van der Waals surface area contributed by atoms with Crippen LogP contribution in [0.5, 0.6) is 0 Å². The van der Waals surface area contributed by atoms with Crippen LogP contribution in [0.3, 0.4) is 0 Å². The maximum atomic E-state index is 10.9. The monoisotopic (exact) mass is 250 g/mol. The third-order valence-corrected chi connectivity index (χ3v) is 3.17. The Morgan fingerprint density at radius 1 is 1.11 bits per heavy atom. The largest absolute Gasteiger partial charge is 0.481 e. The van der Waals surface area contributed by atoms with E-state index in [-0.39, 0.29) is 5.92 Å². The molecule has 2 N–H and O–H groups in total. The maximum absolute atomic E-state index is 10.9. The fourth-order valence-corrected chi connectivity index (χ4v) is 1.78.